The number of nitrogens with zero attached hydrogens (tertiary/aromatic N) is 3. The number of hydrogen-bond donors (Lipinski definition) is 2. The maximum Gasteiger partial charge on any atom is 0.252 e. The summed E-state index contributed by atoms with van der Waals surface area (Å²) in [6.45, 7) is 4.60. The highest BCUT2D eigenvalue weighted by Gasteiger charge is 2.32. The number of hydrogen-bond acceptors (Lipinski definition) is 4. The molecular weight excluding hydrogens is 342 g/mol. The molecule has 2 amide bonds. The number of anilines is 2. The molecule has 7 nitrogen and oxygen atoms in total. The van der Waals surface area contributed by atoms with Gasteiger partial charge in [0.1, 0.15) is 0 Å². The van der Waals surface area contributed by atoms with Crippen LogP contribution in [0.4, 0.5) is 11.4 Å². The molecule has 1 atom stereocenters. The van der Waals surface area contributed by atoms with Crippen molar-refractivity contribution in [2.75, 3.05) is 17.2 Å². The summed E-state index contributed by atoms with van der Waals surface area (Å²) in [5.41, 5.74) is 14.2. The summed E-state index contributed by atoms with van der Waals surface area (Å²) in [6.07, 6.45) is 3.54. The normalized spacial score (nSPS) is 16.3. The van der Waals surface area contributed by atoms with Crippen molar-refractivity contribution in [1.29, 1.82) is 0 Å². The third-order valence-corrected chi connectivity index (χ3v) is 4.64. The van der Waals surface area contributed by atoms with Gasteiger partial charge < -0.3 is 16.4 Å². The molecule has 0 spiro atoms. The Kier molecular flexibility index (Phi) is 5.12. The molecule has 0 bridgehead atoms. The number of nitrogen functional groups attached to an aromatic ring is 1. The maximum absolute atomic E-state index is 12.5. The van der Waals surface area contributed by atoms with E-state index < -0.39 is 5.91 Å². The number of primary amides is 1. The summed E-state index contributed by atoms with van der Waals surface area (Å²) in [5, 5.41) is 4.16. The molecule has 0 radical (unpaired) electrons. The number of rotatable bonds is 3. The average molecular weight is 365 g/mol. The van der Waals surface area contributed by atoms with E-state index in [9.17, 15) is 9.59 Å². The molecule has 1 saturated heterocycles. The van der Waals surface area contributed by atoms with Crippen LogP contribution >= 0.6 is 0 Å². The zero-order valence-electron chi connectivity index (χ0n) is 15.4. The lowest BCUT2D eigenvalue weighted by molar-refractivity contribution is -0.117. The Bertz CT molecular complexity index is 981. The van der Waals surface area contributed by atoms with Gasteiger partial charge in [0, 0.05) is 18.9 Å². The van der Waals surface area contributed by atoms with Crippen molar-refractivity contribution < 1.29 is 9.59 Å². The monoisotopic (exact) mass is 365 g/mol. The van der Waals surface area contributed by atoms with E-state index in [4.69, 9.17) is 11.5 Å². The van der Waals surface area contributed by atoms with Gasteiger partial charge >= 0.3 is 0 Å². The standard InChI is InChI=1S/C18H17N5O2.C2H6/c19-17-14(18(20)25)8-21-23-10-13(7-15(17)23)22-9-12(6-16(22)24)11-4-2-1-3-5-11;1-2/h1-5,7-8,10,12H,6,9,19H2,(H2,20,25);1-2H3. The molecule has 0 aliphatic carbocycles. The first-order chi connectivity index (χ1) is 13.0. The van der Waals surface area contributed by atoms with Crippen molar-refractivity contribution >= 4 is 28.7 Å². The predicted molar refractivity (Wildman–Crippen MR) is 106 cm³/mol. The molecule has 3 heterocycles. The van der Waals surface area contributed by atoms with Crippen molar-refractivity contribution in [3.8, 4) is 0 Å². The van der Waals surface area contributed by atoms with Gasteiger partial charge in [0.05, 0.1) is 34.8 Å². The number of carbonyl (C=O) groups is 2. The summed E-state index contributed by atoms with van der Waals surface area (Å²) in [6, 6.07) is 11.8. The Morgan fingerprint density at radius 3 is 2.59 bits per heavy atom. The number of amides is 2. The predicted octanol–water partition coefficient (Wildman–Crippen LogP) is 2.56. The van der Waals surface area contributed by atoms with Crippen LogP contribution in [0.2, 0.25) is 0 Å². The van der Waals surface area contributed by atoms with Gasteiger partial charge in [0.25, 0.3) is 5.91 Å². The first kappa shape index (κ1) is 18.4. The number of aromatic nitrogens is 2. The summed E-state index contributed by atoms with van der Waals surface area (Å²) in [7, 11) is 0. The second kappa shape index (κ2) is 7.49. The topological polar surface area (TPSA) is 107 Å². The molecule has 1 aliphatic heterocycles. The summed E-state index contributed by atoms with van der Waals surface area (Å²) < 4.78 is 1.56. The fourth-order valence-corrected chi connectivity index (χ4v) is 3.31. The number of nitrogens with two attached hydrogens (primary N) is 2. The maximum atomic E-state index is 12.5. The largest absolute Gasteiger partial charge is 0.396 e. The summed E-state index contributed by atoms with van der Waals surface area (Å²) in [4.78, 5) is 25.6. The van der Waals surface area contributed by atoms with Crippen molar-refractivity contribution in [2.45, 2.75) is 26.2 Å². The van der Waals surface area contributed by atoms with E-state index in [1.807, 2.05) is 44.2 Å². The Labute approximate surface area is 157 Å². The van der Waals surface area contributed by atoms with E-state index >= 15 is 0 Å². The third kappa shape index (κ3) is 3.36. The van der Waals surface area contributed by atoms with Gasteiger partial charge in [0.2, 0.25) is 5.91 Å². The minimum atomic E-state index is -0.628. The van der Waals surface area contributed by atoms with Crippen LogP contribution in [-0.2, 0) is 4.79 Å². The first-order valence-electron chi connectivity index (χ1n) is 8.96. The lowest BCUT2D eigenvalue weighted by Gasteiger charge is -2.14. The highest BCUT2D eigenvalue weighted by Crippen LogP contribution is 2.33. The van der Waals surface area contributed by atoms with E-state index in [2.05, 4.69) is 5.10 Å². The van der Waals surface area contributed by atoms with E-state index in [0.717, 1.165) is 5.56 Å². The Morgan fingerprint density at radius 2 is 1.93 bits per heavy atom. The minimum absolute atomic E-state index is 0.0541. The Morgan fingerprint density at radius 1 is 1.22 bits per heavy atom. The van der Waals surface area contributed by atoms with Gasteiger partial charge in [-0.15, -0.1) is 0 Å². The summed E-state index contributed by atoms with van der Waals surface area (Å²) >= 11 is 0. The van der Waals surface area contributed by atoms with Crippen LogP contribution in [0.1, 0.15) is 42.1 Å². The Hall–Kier alpha value is -3.35. The second-order valence-corrected chi connectivity index (χ2v) is 6.18. The zero-order valence-corrected chi connectivity index (χ0v) is 15.4. The van der Waals surface area contributed by atoms with E-state index in [1.54, 1.807) is 21.7 Å². The van der Waals surface area contributed by atoms with Crippen LogP contribution < -0.4 is 16.4 Å². The zero-order chi connectivity index (χ0) is 19.6. The second-order valence-electron chi connectivity index (χ2n) is 6.18. The molecule has 27 heavy (non-hydrogen) atoms. The quantitative estimate of drug-likeness (QED) is 0.744. The lowest BCUT2D eigenvalue weighted by atomic mass is 9.99. The van der Waals surface area contributed by atoms with Gasteiger partial charge in [-0.05, 0) is 11.6 Å². The molecule has 1 unspecified atom stereocenters. The highest BCUT2D eigenvalue weighted by atomic mass is 16.2. The Balaban J connectivity index is 0.00000102. The summed E-state index contributed by atoms with van der Waals surface area (Å²) in [5.74, 6) is -0.418. The van der Waals surface area contributed by atoms with Crippen LogP contribution in [0.3, 0.4) is 0 Å². The van der Waals surface area contributed by atoms with Crippen molar-refractivity contribution in [1.82, 2.24) is 9.61 Å². The van der Waals surface area contributed by atoms with Gasteiger partial charge in [-0.1, -0.05) is 44.2 Å². The molecule has 1 aromatic carbocycles. The van der Waals surface area contributed by atoms with Crippen LogP contribution in [-0.4, -0.2) is 28.0 Å². The van der Waals surface area contributed by atoms with Crippen LogP contribution in [0.25, 0.3) is 5.52 Å². The molecule has 4 N–H and O–H groups in total. The van der Waals surface area contributed by atoms with Crippen LogP contribution in [0.15, 0.2) is 48.8 Å². The first-order valence-corrected chi connectivity index (χ1v) is 8.96. The molecule has 2 aromatic heterocycles. The van der Waals surface area contributed by atoms with Gasteiger partial charge in [-0.3, -0.25) is 9.59 Å². The van der Waals surface area contributed by atoms with Crippen molar-refractivity contribution in [2.24, 2.45) is 5.73 Å². The fourth-order valence-electron chi connectivity index (χ4n) is 3.31. The van der Waals surface area contributed by atoms with E-state index in [-0.39, 0.29) is 23.1 Å². The molecule has 3 aromatic rings. The van der Waals surface area contributed by atoms with E-state index in [1.165, 1.54) is 6.20 Å². The van der Waals surface area contributed by atoms with E-state index in [0.29, 0.717) is 24.2 Å². The number of benzene rings is 1. The lowest BCUT2D eigenvalue weighted by Crippen LogP contribution is -2.23. The van der Waals surface area contributed by atoms with Crippen molar-refractivity contribution in [3.63, 3.8) is 0 Å². The smallest absolute Gasteiger partial charge is 0.252 e. The number of carbonyl (C=O) groups excluding carboxylic acids is 2. The molecule has 140 valence electrons. The van der Waals surface area contributed by atoms with Gasteiger partial charge in [-0.25, -0.2) is 4.52 Å². The number of fused-ring (bicyclic) bond motifs is 1. The molecule has 4 rings (SSSR count). The average Bonchev–Trinajstić information content (AvgIpc) is 3.28. The molecule has 1 fully saturated rings. The van der Waals surface area contributed by atoms with Gasteiger partial charge in [-0.2, -0.15) is 5.10 Å². The van der Waals surface area contributed by atoms with Crippen LogP contribution in [0.5, 0.6) is 0 Å². The van der Waals surface area contributed by atoms with Crippen LogP contribution in [0, 0.1) is 0 Å². The highest BCUT2D eigenvalue weighted by molar-refractivity contribution is 6.02. The van der Waals surface area contributed by atoms with Crippen molar-refractivity contribution in [3.05, 3.63) is 59.9 Å². The minimum Gasteiger partial charge on any atom is -0.396 e. The molecular formula is C20H23N5O2. The van der Waals surface area contributed by atoms with Gasteiger partial charge in [0.15, 0.2) is 0 Å². The fraction of sp³-hybridized carbons (Fsp3) is 0.250. The molecule has 0 saturated carbocycles. The molecule has 7 heteroatoms. The third-order valence-electron chi connectivity index (χ3n) is 4.64. The molecule has 1 aliphatic rings. The SMILES string of the molecule is CC.NC(=O)c1cnn2cc(N3CC(c4ccccc4)CC3=O)cc2c1N.